The van der Waals surface area contributed by atoms with Gasteiger partial charge in [-0.15, -0.1) is 11.3 Å². The van der Waals surface area contributed by atoms with Gasteiger partial charge in [0, 0.05) is 23.3 Å². The van der Waals surface area contributed by atoms with Crippen molar-refractivity contribution in [2.24, 2.45) is 10.7 Å². The number of benzene rings is 1. The lowest BCUT2D eigenvalue weighted by atomic mass is 9.93. The van der Waals surface area contributed by atoms with Crippen molar-refractivity contribution in [3.63, 3.8) is 0 Å². The number of para-hydroxylation sites is 1. The van der Waals surface area contributed by atoms with Crippen LogP contribution in [0.15, 0.2) is 40.7 Å². The van der Waals surface area contributed by atoms with Crippen LogP contribution in [0, 0.1) is 0 Å². The lowest BCUT2D eigenvalue weighted by molar-refractivity contribution is -0.0375. The van der Waals surface area contributed by atoms with Gasteiger partial charge in [0.25, 0.3) is 0 Å². The monoisotopic (exact) mass is 357 g/mol. The Labute approximate surface area is 151 Å². The summed E-state index contributed by atoms with van der Waals surface area (Å²) in [4.78, 5) is 5.98. The highest BCUT2D eigenvalue weighted by Crippen LogP contribution is 2.36. The molecule has 132 valence electrons. The minimum Gasteiger partial charge on any atom is -0.493 e. The largest absolute Gasteiger partial charge is 0.493 e. The van der Waals surface area contributed by atoms with Gasteiger partial charge in [-0.3, -0.25) is 4.99 Å². The molecule has 0 bridgehead atoms. The van der Waals surface area contributed by atoms with Crippen LogP contribution in [0.5, 0.6) is 5.75 Å². The summed E-state index contributed by atoms with van der Waals surface area (Å²) in [6.45, 7) is 4.03. The molecule has 4 rings (SSSR count). The molecular formula is C19H23N3O2S. The molecule has 1 aromatic carbocycles. The molecule has 3 heterocycles. The highest BCUT2D eigenvalue weighted by Gasteiger charge is 2.34. The predicted molar refractivity (Wildman–Crippen MR) is 100 cm³/mol. The number of ether oxygens (including phenoxy) is 2. The Morgan fingerprint density at radius 1 is 1.36 bits per heavy atom. The summed E-state index contributed by atoms with van der Waals surface area (Å²) >= 11 is 1.79. The quantitative estimate of drug-likeness (QED) is 0.655. The molecule has 0 amide bonds. The molecule has 5 nitrogen and oxygen atoms in total. The van der Waals surface area contributed by atoms with Gasteiger partial charge in [-0.25, -0.2) is 0 Å². The lowest BCUT2D eigenvalue weighted by Crippen LogP contribution is -2.40. The maximum absolute atomic E-state index is 6.18. The molecule has 25 heavy (non-hydrogen) atoms. The molecule has 0 fully saturated rings. The average Bonchev–Trinajstić information content (AvgIpc) is 3.11. The molecule has 0 radical (unpaired) electrons. The molecule has 2 aromatic rings. The molecule has 2 unspecified atom stereocenters. The van der Waals surface area contributed by atoms with Crippen molar-refractivity contribution < 1.29 is 9.47 Å². The molecule has 6 heteroatoms. The van der Waals surface area contributed by atoms with E-state index in [-0.39, 0.29) is 6.04 Å². The molecule has 0 aliphatic carbocycles. The minimum atomic E-state index is -0.395. The summed E-state index contributed by atoms with van der Waals surface area (Å²) < 4.78 is 11.7. The van der Waals surface area contributed by atoms with Gasteiger partial charge < -0.3 is 20.5 Å². The predicted octanol–water partition coefficient (Wildman–Crippen LogP) is 2.96. The highest BCUT2D eigenvalue weighted by molar-refractivity contribution is 7.10. The standard InChI is InChI=1S/C19H23N3O2S/c1-19(14-8-11-25-17(14)7-10-24-19)12-21-18(20)22-15-6-9-23-16-5-3-2-4-13(15)16/h2-5,8,11,15H,6-7,9-10,12H2,1H3,(H3,20,21,22). The fourth-order valence-corrected chi connectivity index (χ4v) is 4.52. The number of hydrogen-bond donors (Lipinski definition) is 2. The second kappa shape index (κ2) is 6.69. The van der Waals surface area contributed by atoms with Crippen LogP contribution in [0.3, 0.4) is 0 Å². The summed E-state index contributed by atoms with van der Waals surface area (Å²) in [6, 6.07) is 10.3. The number of hydrogen-bond acceptors (Lipinski definition) is 4. The number of rotatable bonds is 3. The minimum absolute atomic E-state index is 0.130. The summed E-state index contributed by atoms with van der Waals surface area (Å²) in [6.07, 6.45) is 1.86. The van der Waals surface area contributed by atoms with Crippen LogP contribution < -0.4 is 15.8 Å². The number of aliphatic imine (C=N–C) groups is 1. The van der Waals surface area contributed by atoms with Crippen LogP contribution in [-0.4, -0.2) is 25.7 Å². The van der Waals surface area contributed by atoms with Gasteiger partial charge in [0.15, 0.2) is 5.96 Å². The second-order valence-corrected chi connectivity index (χ2v) is 7.66. The topological polar surface area (TPSA) is 68.9 Å². The van der Waals surface area contributed by atoms with Gasteiger partial charge in [-0.2, -0.15) is 0 Å². The van der Waals surface area contributed by atoms with Crippen molar-refractivity contribution in [1.29, 1.82) is 0 Å². The zero-order chi connectivity index (χ0) is 17.3. The van der Waals surface area contributed by atoms with Gasteiger partial charge in [0.05, 0.1) is 25.8 Å². The van der Waals surface area contributed by atoms with Crippen molar-refractivity contribution in [3.8, 4) is 5.75 Å². The normalized spacial score (nSPS) is 25.6. The maximum Gasteiger partial charge on any atom is 0.189 e. The Morgan fingerprint density at radius 2 is 2.24 bits per heavy atom. The van der Waals surface area contributed by atoms with Crippen LogP contribution in [0.4, 0.5) is 0 Å². The third-order valence-corrected chi connectivity index (χ3v) is 5.88. The van der Waals surface area contributed by atoms with Crippen LogP contribution >= 0.6 is 11.3 Å². The van der Waals surface area contributed by atoms with Crippen molar-refractivity contribution in [2.45, 2.75) is 31.4 Å². The van der Waals surface area contributed by atoms with E-state index in [9.17, 15) is 0 Å². The Hall–Kier alpha value is -2.05. The summed E-state index contributed by atoms with van der Waals surface area (Å²) in [5.74, 6) is 1.37. The van der Waals surface area contributed by atoms with E-state index in [1.807, 2.05) is 18.2 Å². The lowest BCUT2D eigenvalue weighted by Gasteiger charge is -2.33. The molecule has 0 saturated heterocycles. The summed E-state index contributed by atoms with van der Waals surface area (Å²) in [7, 11) is 0. The van der Waals surface area contributed by atoms with E-state index < -0.39 is 5.60 Å². The van der Waals surface area contributed by atoms with Crippen molar-refractivity contribution >= 4 is 17.3 Å². The number of guanidine groups is 1. The molecular weight excluding hydrogens is 334 g/mol. The first-order valence-electron chi connectivity index (χ1n) is 8.65. The number of nitrogens with two attached hydrogens (primary N) is 1. The number of nitrogens with zero attached hydrogens (tertiary/aromatic N) is 1. The molecule has 1 aromatic heterocycles. The van der Waals surface area contributed by atoms with Gasteiger partial charge in [-0.1, -0.05) is 18.2 Å². The fourth-order valence-electron chi connectivity index (χ4n) is 3.54. The SMILES string of the molecule is CC1(CN=C(N)NC2CCOc3ccccc32)OCCc2sccc21. The third-order valence-electron chi connectivity index (χ3n) is 4.90. The summed E-state index contributed by atoms with van der Waals surface area (Å²) in [5.41, 5.74) is 8.16. The Kier molecular flexibility index (Phi) is 4.39. The molecule has 2 aliphatic heterocycles. The van der Waals surface area contributed by atoms with Gasteiger partial charge >= 0.3 is 0 Å². The average molecular weight is 357 g/mol. The van der Waals surface area contributed by atoms with Crippen molar-refractivity contribution in [2.75, 3.05) is 19.8 Å². The molecule has 0 spiro atoms. The van der Waals surface area contributed by atoms with Crippen LogP contribution in [0.1, 0.15) is 35.4 Å². The van der Waals surface area contributed by atoms with E-state index in [0.29, 0.717) is 19.1 Å². The Morgan fingerprint density at radius 3 is 3.16 bits per heavy atom. The molecule has 2 aliphatic rings. The van der Waals surface area contributed by atoms with Gasteiger partial charge in [0.1, 0.15) is 11.4 Å². The van der Waals surface area contributed by atoms with Crippen molar-refractivity contribution in [3.05, 3.63) is 51.7 Å². The smallest absolute Gasteiger partial charge is 0.189 e. The zero-order valence-corrected chi connectivity index (χ0v) is 15.1. The van der Waals surface area contributed by atoms with Crippen LogP contribution in [0.2, 0.25) is 0 Å². The Balaban J connectivity index is 1.47. The van der Waals surface area contributed by atoms with E-state index >= 15 is 0 Å². The number of thiophene rings is 1. The fraction of sp³-hybridized carbons (Fsp3) is 0.421. The van der Waals surface area contributed by atoms with E-state index in [4.69, 9.17) is 15.2 Å². The van der Waals surface area contributed by atoms with Crippen LogP contribution in [-0.2, 0) is 16.8 Å². The highest BCUT2D eigenvalue weighted by atomic mass is 32.1. The third kappa shape index (κ3) is 3.24. The van der Waals surface area contributed by atoms with Gasteiger partial charge in [-0.05, 0) is 30.0 Å². The first-order chi connectivity index (χ1) is 12.2. The number of fused-ring (bicyclic) bond motifs is 2. The summed E-state index contributed by atoms with van der Waals surface area (Å²) in [5, 5.41) is 5.47. The Bertz CT molecular complexity index is 788. The maximum atomic E-state index is 6.18. The first kappa shape index (κ1) is 16.4. The first-order valence-corrected chi connectivity index (χ1v) is 9.53. The number of nitrogens with one attached hydrogen (secondary N) is 1. The van der Waals surface area contributed by atoms with E-state index in [1.165, 1.54) is 10.4 Å². The zero-order valence-electron chi connectivity index (χ0n) is 14.3. The van der Waals surface area contributed by atoms with Crippen molar-refractivity contribution in [1.82, 2.24) is 5.32 Å². The van der Waals surface area contributed by atoms with E-state index in [0.717, 1.165) is 30.8 Å². The van der Waals surface area contributed by atoms with Gasteiger partial charge in [0.2, 0.25) is 0 Å². The van der Waals surface area contributed by atoms with Crippen LogP contribution in [0.25, 0.3) is 0 Å². The van der Waals surface area contributed by atoms with E-state index in [2.05, 4.69) is 34.7 Å². The molecule has 2 atom stereocenters. The molecule has 0 saturated carbocycles. The molecule has 3 N–H and O–H groups in total. The second-order valence-electron chi connectivity index (χ2n) is 6.66. The van der Waals surface area contributed by atoms with E-state index in [1.54, 1.807) is 11.3 Å².